The Hall–Kier alpha value is -0.440. The molecular formula is C10H18F2O. The molecule has 0 N–H and O–H groups in total. The van der Waals surface area contributed by atoms with Crippen LogP contribution in [0.2, 0.25) is 0 Å². The Morgan fingerprint density at radius 3 is 2.08 bits per heavy atom. The molecule has 0 fully saturated rings. The van der Waals surface area contributed by atoms with E-state index in [1.807, 2.05) is 6.92 Å². The lowest BCUT2D eigenvalue weighted by Gasteiger charge is -2.21. The molecular weight excluding hydrogens is 174 g/mol. The molecule has 0 aromatic carbocycles. The van der Waals surface area contributed by atoms with Crippen LogP contribution in [0.3, 0.4) is 0 Å². The molecule has 0 saturated heterocycles. The van der Waals surface area contributed by atoms with E-state index in [1.165, 1.54) is 0 Å². The molecule has 0 aliphatic carbocycles. The van der Waals surface area contributed by atoms with Crippen molar-refractivity contribution in [3.8, 4) is 0 Å². The zero-order valence-corrected chi connectivity index (χ0v) is 8.79. The molecule has 0 aromatic rings. The maximum atomic E-state index is 12.4. The van der Waals surface area contributed by atoms with Gasteiger partial charge in [-0.05, 0) is 18.8 Å². The van der Waals surface area contributed by atoms with Gasteiger partial charge in [0.1, 0.15) is 0 Å². The molecule has 0 bridgehead atoms. The Labute approximate surface area is 78.8 Å². The van der Waals surface area contributed by atoms with Crippen molar-refractivity contribution in [2.45, 2.75) is 34.1 Å². The van der Waals surface area contributed by atoms with Gasteiger partial charge in [0.05, 0.1) is 6.61 Å². The van der Waals surface area contributed by atoms with E-state index in [1.54, 1.807) is 20.8 Å². The van der Waals surface area contributed by atoms with Gasteiger partial charge in [0.15, 0.2) is 0 Å². The molecule has 0 unspecified atom stereocenters. The minimum absolute atomic E-state index is 0.195. The van der Waals surface area contributed by atoms with Crippen LogP contribution in [-0.2, 0) is 4.74 Å². The number of hydrogen-bond donors (Lipinski definition) is 0. The van der Waals surface area contributed by atoms with Crippen molar-refractivity contribution in [2.75, 3.05) is 13.2 Å². The fraction of sp³-hybridized carbons (Fsp3) is 0.800. The van der Waals surface area contributed by atoms with E-state index in [0.717, 1.165) is 0 Å². The SMILES string of the molecule is CCOCCC(=C(F)F)C(C)(C)C. The van der Waals surface area contributed by atoms with Crippen molar-refractivity contribution in [1.82, 2.24) is 0 Å². The summed E-state index contributed by atoms with van der Waals surface area (Å²) >= 11 is 0. The number of rotatable bonds is 4. The average molecular weight is 192 g/mol. The van der Waals surface area contributed by atoms with Crippen molar-refractivity contribution < 1.29 is 13.5 Å². The highest BCUT2D eigenvalue weighted by Crippen LogP contribution is 2.31. The van der Waals surface area contributed by atoms with Gasteiger partial charge in [-0.2, -0.15) is 8.78 Å². The average Bonchev–Trinajstić information content (AvgIpc) is 1.94. The molecule has 78 valence electrons. The highest BCUT2D eigenvalue weighted by molar-refractivity contribution is 5.11. The summed E-state index contributed by atoms with van der Waals surface area (Å²) in [6.45, 7) is 8.16. The second-order valence-electron chi connectivity index (χ2n) is 3.94. The van der Waals surface area contributed by atoms with E-state index in [-0.39, 0.29) is 5.57 Å². The summed E-state index contributed by atoms with van der Waals surface area (Å²) in [5.41, 5.74) is -0.267. The van der Waals surface area contributed by atoms with Gasteiger partial charge in [-0.1, -0.05) is 20.8 Å². The minimum atomic E-state index is -1.56. The molecule has 0 rings (SSSR count). The van der Waals surface area contributed by atoms with E-state index in [4.69, 9.17) is 4.74 Å². The van der Waals surface area contributed by atoms with Crippen molar-refractivity contribution in [3.63, 3.8) is 0 Å². The van der Waals surface area contributed by atoms with Crippen LogP contribution in [0, 0.1) is 5.41 Å². The highest BCUT2D eigenvalue weighted by atomic mass is 19.3. The van der Waals surface area contributed by atoms with E-state index in [0.29, 0.717) is 19.6 Å². The van der Waals surface area contributed by atoms with Gasteiger partial charge >= 0.3 is 0 Å². The first-order valence-electron chi connectivity index (χ1n) is 4.52. The molecule has 3 heteroatoms. The van der Waals surface area contributed by atoms with Gasteiger partial charge in [-0.3, -0.25) is 0 Å². The number of hydrogen-bond acceptors (Lipinski definition) is 1. The van der Waals surface area contributed by atoms with Gasteiger partial charge < -0.3 is 4.74 Å². The normalized spacial score (nSPS) is 11.5. The molecule has 0 amide bonds. The maximum absolute atomic E-state index is 12.4. The molecule has 0 aliphatic rings. The van der Waals surface area contributed by atoms with Crippen LogP contribution in [0.5, 0.6) is 0 Å². The Bertz CT molecular complexity index is 176. The van der Waals surface area contributed by atoms with Gasteiger partial charge in [0, 0.05) is 12.2 Å². The predicted octanol–water partition coefficient (Wildman–Crippen LogP) is 3.61. The minimum Gasteiger partial charge on any atom is -0.381 e. The van der Waals surface area contributed by atoms with E-state index in [9.17, 15) is 8.78 Å². The molecule has 0 atom stereocenters. The molecule has 13 heavy (non-hydrogen) atoms. The lowest BCUT2D eigenvalue weighted by atomic mass is 9.85. The fourth-order valence-corrected chi connectivity index (χ4v) is 1.07. The largest absolute Gasteiger partial charge is 0.381 e. The summed E-state index contributed by atoms with van der Waals surface area (Å²) in [5.74, 6) is 0. The quantitative estimate of drug-likeness (QED) is 0.618. The Balaban J connectivity index is 4.23. The first kappa shape index (κ1) is 12.6. The molecule has 0 aliphatic heterocycles. The summed E-state index contributed by atoms with van der Waals surface area (Å²) < 4.78 is 29.9. The monoisotopic (exact) mass is 192 g/mol. The highest BCUT2D eigenvalue weighted by Gasteiger charge is 2.21. The van der Waals surface area contributed by atoms with Crippen LogP contribution >= 0.6 is 0 Å². The lowest BCUT2D eigenvalue weighted by Crippen LogP contribution is -2.12. The molecule has 0 saturated carbocycles. The first-order chi connectivity index (χ1) is 5.89. The van der Waals surface area contributed by atoms with Gasteiger partial charge in [0.25, 0.3) is 6.08 Å². The lowest BCUT2D eigenvalue weighted by molar-refractivity contribution is 0.145. The van der Waals surface area contributed by atoms with Crippen LogP contribution in [0.4, 0.5) is 8.78 Å². The number of ether oxygens (including phenoxy) is 1. The zero-order valence-electron chi connectivity index (χ0n) is 8.79. The fourth-order valence-electron chi connectivity index (χ4n) is 1.07. The maximum Gasteiger partial charge on any atom is 0.270 e. The molecule has 0 aromatic heterocycles. The molecule has 0 heterocycles. The third kappa shape index (κ3) is 4.98. The van der Waals surface area contributed by atoms with Crippen molar-refractivity contribution in [1.29, 1.82) is 0 Å². The van der Waals surface area contributed by atoms with E-state index >= 15 is 0 Å². The predicted molar refractivity (Wildman–Crippen MR) is 49.8 cm³/mol. The van der Waals surface area contributed by atoms with Crippen LogP contribution in [0.1, 0.15) is 34.1 Å². The second-order valence-corrected chi connectivity index (χ2v) is 3.94. The van der Waals surface area contributed by atoms with Crippen LogP contribution < -0.4 is 0 Å². The molecule has 0 radical (unpaired) electrons. The second kappa shape index (κ2) is 5.32. The Kier molecular flexibility index (Phi) is 5.14. The smallest absolute Gasteiger partial charge is 0.270 e. The summed E-state index contributed by atoms with van der Waals surface area (Å²) in [4.78, 5) is 0. The Morgan fingerprint density at radius 2 is 1.77 bits per heavy atom. The van der Waals surface area contributed by atoms with Gasteiger partial charge in [-0.25, -0.2) is 0 Å². The summed E-state index contributed by atoms with van der Waals surface area (Å²) in [6, 6.07) is 0. The third-order valence-electron chi connectivity index (χ3n) is 1.83. The third-order valence-corrected chi connectivity index (χ3v) is 1.83. The van der Waals surface area contributed by atoms with Crippen LogP contribution in [0.25, 0.3) is 0 Å². The van der Waals surface area contributed by atoms with Crippen LogP contribution in [-0.4, -0.2) is 13.2 Å². The van der Waals surface area contributed by atoms with Crippen molar-refractivity contribution >= 4 is 0 Å². The standard InChI is InChI=1S/C10H18F2O/c1-5-13-7-6-8(9(11)12)10(2,3)4/h5-7H2,1-4H3. The summed E-state index contributed by atoms with van der Waals surface area (Å²) in [6.07, 6.45) is -1.24. The van der Waals surface area contributed by atoms with Crippen molar-refractivity contribution in [2.24, 2.45) is 5.41 Å². The van der Waals surface area contributed by atoms with E-state index in [2.05, 4.69) is 0 Å². The topological polar surface area (TPSA) is 9.23 Å². The number of halogens is 2. The van der Waals surface area contributed by atoms with Crippen molar-refractivity contribution in [3.05, 3.63) is 11.7 Å². The summed E-state index contributed by atoms with van der Waals surface area (Å²) in [5, 5.41) is 0. The van der Waals surface area contributed by atoms with Gasteiger partial charge in [-0.15, -0.1) is 0 Å². The van der Waals surface area contributed by atoms with E-state index < -0.39 is 11.5 Å². The van der Waals surface area contributed by atoms with Crippen LogP contribution in [0.15, 0.2) is 11.7 Å². The summed E-state index contributed by atoms with van der Waals surface area (Å²) in [7, 11) is 0. The molecule has 0 spiro atoms. The Morgan fingerprint density at radius 1 is 1.23 bits per heavy atom. The molecule has 1 nitrogen and oxygen atoms in total. The first-order valence-corrected chi connectivity index (χ1v) is 4.52. The zero-order chi connectivity index (χ0) is 10.5. The van der Waals surface area contributed by atoms with Gasteiger partial charge in [0.2, 0.25) is 0 Å².